The molecule has 0 N–H and O–H groups in total. The molecule has 0 aromatic carbocycles. The van der Waals surface area contributed by atoms with Gasteiger partial charge in [-0.2, -0.15) is 39.5 Å². The van der Waals surface area contributed by atoms with E-state index in [0.717, 1.165) is 0 Å². The van der Waals surface area contributed by atoms with Gasteiger partial charge in [0.2, 0.25) is 0 Å². The predicted molar refractivity (Wildman–Crippen MR) is 72.5 cm³/mol. The Balaban J connectivity index is 4.58. The number of ether oxygens (including phenoxy) is 1. The Hall–Kier alpha value is -0.573. The lowest BCUT2D eigenvalue weighted by molar-refractivity contribution is -0.397. The lowest BCUT2D eigenvalue weighted by Crippen LogP contribution is -2.61. The Kier molecular flexibility index (Phi) is 8.88. The highest BCUT2D eigenvalue weighted by Crippen LogP contribution is 2.53. The van der Waals surface area contributed by atoms with E-state index in [1.54, 1.807) is 0 Å². The van der Waals surface area contributed by atoms with Gasteiger partial charge in [0.15, 0.2) is 0 Å². The molecule has 14 heteroatoms. The van der Waals surface area contributed by atoms with Gasteiger partial charge in [-0.15, -0.1) is 0 Å². The maximum atomic E-state index is 13.2. The van der Waals surface area contributed by atoms with Gasteiger partial charge in [-0.1, -0.05) is 0 Å². The van der Waals surface area contributed by atoms with Crippen molar-refractivity contribution in [1.82, 2.24) is 0 Å². The van der Waals surface area contributed by atoms with Crippen LogP contribution in [-0.2, 0) is 18.0 Å². The summed E-state index contributed by atoms with van der Waals surface area (Å²) in [6.07, 6.45) is -8.72. The van der Waals surface area contributed by atoms with Gasteiger partial charge < -0.3 is 18.0 Å². The first-order valence-electron chi connectivity index (χ1n) is 7.07. The highest BCUT2D eigenvalue weighted by molar-refractivity contribution is 6.60. The number of rotatable bonds is 12. The zero-order valence-electron chi connectivity index (χ0n) is 14.1. The highest BCUT2D eigenvalue weighted by atomic mass is 28.4. The standard InChI is InChI=1S/C12H19F9O4Si/c1-22-26(23-2,24-3)8-4-6-25-7-5-9(13,14)10(15,16)11(17,18)12(19,20)21/h4-8H2,1-3H3. The molecule has 0 atom stereocenters. The van der Waals surface area contributed by atoms with Crippen LogP contribution in [0.3, 0.4) is 0 Å². The Morgan fingerprint density at radius 2 is 1.15 bits per heavy atom. The van der Waals surface area contributed by atoms with Crippen molar-refractivity contribution < 1.29 is 57.5 Å². The largest absolute Gasteiger partial charge is 0.500 e. The van der Waals surface area contributed by atoms with Crippen LogP contribution < -0.4 is 0 Å². The van der Waals surface area contributed by atoms with Crippen LogP contribution in [0, 0.1) is 0 Å². The second kappa shape index (κ2) is 9.08. The molecule has 0 aromatic rings. The SMILES string of the molecule is CO[Si](CCCOCCC(F)(F)C(F)(F)C(F)(F)C(F)(F)F)(OC)OC. The van der Waals surface area contributed by atoms with Crippen LogP contribution in [0.5, 0.6) is 0 Å². The van der Waals surface area contributed by atoms with Crippen molar-refractivity contribution in [3.63, 3.8) is 0 Å². The van der Waals surface area contributed by atoms with Crippen molar-refractivity contribution in [1.29, 1.82) is 0 Å². The van der Waals surface area contributed by atoms with Gasteiger partial charge in [-0.3, -0.25) is 0 Å². The van der Waals surface area contributed by atoms with Gasteiger partial charge in [0.1, 0.15) is 0 Å². The number of hydrogen-bond donors (Lipinski definition) is 0. The Labute approximate surface area is 144 Å². The zero-order chi connectivity index (χ0) is 20.9. The average molecular weight is 426 g/mol. The number of alkyl halides is 9. The van der Waals surface area contributed by atoms with Crippen LogP contribution >= 0.6 is 0 Å². The second-order valence-electron chi connectivity index (χ2n) is 5.11. The van der Waals surface area contributed by atoms with E-state index in [-0.39, 0.29) is 19.1 Å². The predicted octanol–water partition coefficient (Wildman–Crippen LogP) is 4.13. The van der Waals surface area contributed by atoms with Crippen molar-refractivity contribution >= 4 is 8.80 Å². The molecule has 0 fully saturated rings. The monoisotopic (exact) mass is 426 g/mol. The van der Waals surface area contributed by atoms with Crippen LogP contribution in [0.1, 0.15) is 12.8 Å². The Bertz CT molecular complexity index is 419. The molecular weight excluding hydrogens is 407 g/mol. The number of hydrogen-bond acceptors (Lipinski definition) is 4. The summed E-state index contributed by atoms with van der Waals surface area (Å²) in [6, 6.07) is 0.176. The fraction of sp³-hybridized carbons (Fsp3) is 1.00. The molecule has 0 rings (SSSR count). The molecule has 0 amide bonds. The van der Waals surface area contributed by atoms with E-state index < -0.39 is 45.8 Å². The topological polar surface area (TPSA) is 36.9 Å². The third-order valence-electron chi connectivity index (χ3n) is 3.47. The van der Waals surface area contributed by atoms with Crippen molar-refractivity contribution in [3.8, 4) is 0 Å². The maximum Gasteiger partial charge on any atom is 0.500 e. The smallest absolute Gasteiger partial charge is 0.381 e. The minimum atomic E-state index is -6.88. The normalized spacial score (nSPS) is 14.8. The van der Waals surface area contributed by atoms with Crippen molar-refractivity contribution in [2.45, 2.75) is 42.8 Å². The van der Waals surface area contributed by atoms with Gasteiger partial charge in [-0.05, 0) is 6.42 Å². The maximum absolute atomic E-state index is 13.2. The molecule has 26 heavy (non-hydrogen) atoms. The minimum Gasteiger partial charge on any atom is -0.381 e. The molecule has 158 valence electrons. The third kappa shape index (κ3) is 5.47. The summed E-state index contributed by atoms with van der Waals surface area (Å²) in [6.45, 7) is -1.43. The van der Waals surface area contributed by atoms with Gasteiger partial charge in [0, 0.05) is 40.4 Å². The molecule has 0 unspecified atom stereocenters. The summed E-state index contributed by atoms with van der Waals surface area (Å²) in [7, 11) is 0.965. The minimum absolute atomic E-state index is 0.127. The third-order valence-corrected chi connectivity index (χ3v) is 6.31. The molecule has 0 aliphatic heterocycles. The van der Waals surface area contributed by atoms with Crippen molar-refractivity contribution in [3.05, 3.63) is 0 Å². The molecule has 0 spiro atoms. The van der Waals surface area contributed by atoms with Crippen molar-refractivity contribution in [2.24, 2.45) is 0 Å². The summed E-state index contributed by atoms with van der Waals surface area (Å²) in [5, 5.41) is 0. The number of halogens is 9. The van der Waals surface area contributed by atoms with E-state index in [0.29, 0.717) is 0 Å². The van der Waals surface area contributed by atoms with E-state index in [1.807, 2.05) is 0 Å². The van der Waals surface area contributed by atoms with E-state index in [1.165, 1.54) is 21.3 Å². The molecule has 0 saturated heterocycles. The highest BCUT2D eigenvalue weighted by Gasteiger charge is 2.81. The van der Waals surface area contributed by atoms with Crippen LogP contribution in [-0.4, -0.2) is 67.3 Å². The first kappa shape index (κ1) is 25.4. The summed E-state index contributed by atoms with van der Waals surface area (Å²) >= 11 is 0. The van der Waals surface area contributed by atoms with E-state index >= 15 is 0 Å². The lowest BCUT2D eigenvalue weighted by atomic mass is 10.0. The molecule has 0 bridgehead atoms. The van der Waals surface area contributed by atoms with Gasteiger partial charge >= 0.3 is 32.7 Å². The second-order valence-corrected chi connectivity index (χ2v) is 8.20. The average Bonchev–Trinajstić information content (AvgIpc) is 2.53. The lowest BCUT2D eigenvalue weighted by Gasteiger charge is -2.33. The Morgan fingerprint density at radius 1 is 0.692 bits per heavy atom. The van der Waals surface area contributed by atoms with E-state index in [2.05, 4.69) is 4.74 Å². The molecule has 0 heterocycles. The fourth-order valence-corrected chi connectivity index (χ4v) is 3.50. The van der Waals surface area contributed by atoms with Crippen LogP contribution in [0.4, 0.5) is 39.5 Å². The van der Waals surface area contributed by atoms with E-state index in [9.17, 15) is 39.5 Å². The quantitative estimate of drug-likeness (QED) is 0.267. The fourth-order valence-electron chi connectivity index (χ4n) is 1.81. The first-order valence-corrected chi connectivity index (χ1v) is 9.00. The van der Waals surface area contributed by atoms with Crippen molar-refractivity contribution in [2.75, 3.05) is 34.5 Å². The van der Waals surface area contributed by atoms with Crippen LogP contribution in [0.15, 0.2) is 0 Å². The molecule has 0 aliphatic rings. The van der Waals surface area contributed by atoms with Gasteiger partial charge in [0.25, 0.3) is 0 Å². The summed E-state index contributed by atoms with van der Waals surface area (Å²) in [5.74, 6) is -19.1. The summed E-state index contributed by atoms with van der Waals surface area (Å²) < 4.78 is 133. The van der Waals surface area contributed by atoms with Crippen LogP contribution in [0.2, 0.25) is 6.04 Å². The molecule has 0 aliphatic carbocycles. The zero-order valence-corrected chi connectivity index (χ0v) is 15.1. The van der Waals surface area contributed by atoms with Crippen LogP contribution in [0.25, 0.3) is 0 Å². The summed E-state index contributed by atoms with van der Waals surface area (Å²) in [5.41, 5.74) is 0. The Morgan fingerprint density at radius 3 is 1.54 bits per heavy atom. The molecule has 0 saturated carbocycles. The molecule has 4 nitrogen and oxygen atoms in total. The molecular formula is C12H19F9O4Si. The van der Waals surface area contributed by atoms with E-state index in [4.69, 9.17) is 13.3 Å². The van der Waals surface area contributed by atoms with Gasteiger partial charge in [0.05, 0.1) is 6.61 Å². The summed E-state index contributed by atoms with van der Waals surface area (Å²) in [4.78, 5) is 0. The molecule has 0 radical (unpaired) electrons. The van der Waals surface area contributed by atoms with Gasteiger partial charge in [-0.25, -0.2) is 0 Å². The molecule has 0 aromatic heterocycles. The first-order chi connectivity index (χ1) is 11.6.